The van der Waals surface area contributed by atoms with Gasteiger partial charge in [-0.1, -0.05) is 36.4 Å². The predicted molar refractivity (Wildman–Crippen MR) is 99.2 cm³/mol. The fourth-order valence-electron chi connectivity index (χ4n) is 3.12. The summed E-state index contributed by atoms with van der Waals surface area (Å²) in [6, 6.07) is 14.3. The van der Waals surface area contributed by atoms with Crippen LogP contribution in [0.4, 0.5) is 0 Å². The Kier molecular flexibility index (Phi) is 6.31. The first-order valence-electron chi connectivity index (χ1n) is 8.93. The summed E-state index contributed by atoms with van der Waals surface area (Å²) in [7, 11) is 1.68. The van der Waals surface area contributed by atoms with Crippen molar-refractivity contribution in [3.05, 3.63) is 59.2 Å². The van der Waals surface area contributed by atoms with E-state index < -0.39 is 0 Å². The molecule has 0 aliphatic carbocycles. The van der Waals surface area contributed by atoms with E-state index in [2.05, 4.69) is 30.4 Å². The molecule has 0 saturated carbocycles. The molecule has 0 spiro atoms. The van der Waals surface area contributed by atoms with E-state index in [4.69, 9.17) is 14.2 Å². The lowest BCUT2D eigenvalue weighted by Gasteiger charge is -2.17. The van der Waals surface area contributed by atoms with E-state index in [-0.39, 0.29) is 0 Å². The van der Waals surface area contributed by atoms with E-state index in [1.54, 1.807) is 7.11 Å². The Hall–Kier alpha value is -2.04. The molecule has 3 rings (SSSR count). The second-order valence-corrected chi connectivity index (χ2v) is 6.43. The number of ether oxygens (including phenoxy) is 3. The van der Waals surface area contributed by atoms with Crippen LogP contribution < -0.4 is 14.8 Å². The molecule has 2 aromatic carbocycles. The number of benzene rings is 2. The first kappa shape index (κ1) is 17.8. The van der Waals surface area contributed by atoms with Gasteiger partial charge in [0, 0.05) is 25.3 Å². The molecule has 0 amide bonds. The van der Waals surface area contributed by atoms with Gasteiger partial charge in [-0.05, 0) is 37.0 Å². The van der Waals surface area contributed by atoms with E-state index in [9.17, 15) is 0 Å². The second-order valence-electron chi connectivity index (χ2n) is 6.43. The topological polar surface area (TPSA) is 39.7 Å². The SMILES string of the molecule is COc1cccc(CNC[C@H]2CCCO2)c1OCc1ccccc1C. The van der Waals surface area contributed by atoms with Gasteiger partial charge < -0.3 is 19.5 Å². The summed E-state index contributed by atoms with van der Waals surface area (Å²) in [5.74, 6) is 1.58. The lowest BCUT2D eigenvalue weighted by atomic mass is 10.1. The number of hydrogen-bond donors (Lipinski definition) is 1. The van der Waals surface area contributed by atoms with Crippen molar-refractivity contribution in [1.29, 1.82) is 0 Å². The highest BCUT2D eigenvalue weighted by Crippen LogP contribution is 2.32. The molecule has 0 radical (unpaired) electrons. The van der Waals surface area contributed by atoms with Gasteiger partial charge >= 0.3 is 0 Å². The summed E-state index contributed by atoms with van der Waals surface area (Å²) in [5, 5.41) is 3.48. The van der Waals surface area contributed by atoms with E-state index in [1.165, 1.54) is 11.1 Å². The van der Waals surface area contributed by atoms with Crippen molar-refractivity contribution in [3.63, 3.8) is 0 Å². The molecule has 0 aromatic heterocycles. The number of para-hydroxylation sites is 1. The molecule has 134 valence electrons. The van der Waals surface area contributed by atoms with Gasteiger partial charge in [-0.25, -0.2) is 0 Å². The van der Waals surface area contributed by atoms with E-state index in [0.29, 0.717) is 12.7 Å². The van der Waals surface area contributed by atoms with Crippen molar-refractivity contribution in [2.24, 2.45) is 0 Å². The zero-order valence-electron chi connectivity index (χ0n) is 15.1. The van der Waals surface area contributed by atoms with Crippen LogP contribution in [0.5, 0.6) is 11.5 Å². The van der Waals surface area contributed by atoms with Crippen LogP contribution in [0.3, 0.4) is 0 Å². The maximum absolute atomic E-state index is 6.15. The average Bonchev–Trinajstić information content (AvgIpc) is 3.15. The van der Waals surface area contributed by atoms with Gasteiger partial charge in [-0.15, -0.1) is 0 Å². The summed E-state index contributed by atoms with van der Waals surface area (Å²) in [6.45, 7) is 5.13. The first-order chi connectivity index (χ1) is 12.3. The highest BCUT2D eigenvalue weighted by atomic mass is 16.5. The molecule has 1 N–H and O–H groups in total. The number of rotatable bonds is 8. The standard InChI is InChI=1S/C21H27NO3/c1-16-7-3-4-8-18(16)15-25-21-17(9-5-11-20(21)23-2)13-22-14-19-10-6-12-24-19/h3-5,7-9,11,19,22H,6,10,12-15H2,1-2H3/t19-/m1/s1. The molecule has 1 fully saturated rings. The highest BCUT2D eigenvalue weighted by Gasteiger charge is 2.16. The highest BCUT2D eigenvalue weighted by molar-refractivity contribution is 5.46. The minimum Gasteiger partial charge on any atom is -0.493 e. The van der Waals surface area contributed by atoms with Gasteiger partial charge in [-0.3, -0.25) is 0 Å². The van der Waals surface area contributed by atoms with Gasteiger partial charge in [0.1, 0.15) is 6.61 Å². The Morgan fingerprint density at radius 2 is 1.96 bits per heavy atom. The van der Waals surface area contributed by atoms with Gasteiger partial charge in [0.05, 0.1) is 13.2 Å². The number of nitrogens with one attached hydrogen (secondary N) is 1. The summed E-state index contributed by atoms with van der Waals surface area (Å²) >= 11 is 0. The van der Waals surface area contributed by atoms with Crippen LogP contribution in [0.15, 0.2) is 42.5 Å². The van der Waals surface area contributed by atoms with Crippen molar-refractivity contribution in [2.75, 3.05) is 20.3 Å². The summed E-state index contributed by atoms with van der Waals surface area (Å²) in [5.41, 5.74) is 3.52. The lowest BCUT2D eigenvalue weighted by molar-refractivity contribution is 0.110. The fourth-order valence-corrected chi connectivity index (χ4v) is 3.12. The van der Waals surface area contributed by atoms with Gasteiger partial charge in [0.15, 0.2) is 11.5 Å². The Balaban J connectivity index is 1.66. The van der Waals surface area contributed by atoms with Crippen LogP contribution >= 0.6 is 0 Å². The molecule has 1 atom stereocenters. The Bertz CT molecular complexity index is 681. The van der Waals surface area contributed by atoms with Crippen molar-refractivity contribution in [1.82, 2.24) is 5.32 Å². The average molecular weight is 341 g/mol. The quantitative estimate of drug-likeness (QED) is 0.792. The van der Waals surface area contributed by atoms with Crippen LogP contribution in [0, 0.1) is 6.92 Å². The third-order valence-corrected chi connectivity index (χ3v) is 4.63. The van der Waals surface area contributed by atoms with Gasteiger partial charge in [0.2, 0.25) is 0 Å². The Labute approximate surface area is 150 Å². The van der Waals surface area contributed by atoms with Crippen LogP contribution in [0.1, 0.15) is 29.5 Å². The zero-order valence-corrected chi connectivity index (χ0v) is 15.1. The number of aryl methyl sites for hydroxylation is 1. The minimum atomic E-state index is 0.335. The molecular weight excluding hydrogens is 314 g/mol. The zero-order chi connectivity index (χ0) is 17.5. The second kappa shape index (κ2) is 8.88. The molecule has 4 nitrogen and oxygen atoms in total. The van der Waals surface area contributed by atoms with Gasteiger partial charge in [0.25, 0.3) is 0 Å². The van der Waals surface area contributed by atoms with Crippen molar-refractivity contribution >= 4 is 0 Å². The van der Waals surface area contributed by atoms with E-state index >= 15 is 0 Å². The first-order valence-corrected chi connectivity index (χ1v) is 8.93. The fraction of sp³-hybridized carbons (Fsp3) is 0.429. The molecule has 1 saturated heterocycles. The van der Waals surface area contributed by atoms with Crippen LogP contribution in [-0.4, -0.2) is 26.4 Å². The summed E-state index contributed by atoms with van der Waals surface area (Å²) in [4.78, 5) is 0. The van der Waals surface area contributed by atoms with E-state index in [1.807, 2.05) is 24.3 Å². The molecule has 1 heterocycles. The van der Waals surface area contributed by atoms with Gasteiger partial charge in [-0.2, -0.15) is 0 Å². The van der Waals surface area contributed by atoms with Crippen molar-refractivity contribution in [2.45, 2.75) is 39.0 Å². The molecule has 0 unspecified atom stereocenters. The van der Waals surface area contributed by atoms with Crippen LogP contribution in [0.2, 0.25) is 0 Å². The normalized spacial score (nSPS) is 16.8. The van der Waals surface area contributed by atoms with Crippen LogP contribution in [0.25, 0.3) is 0 Å². The summed E-state index contributed by atoms with van der Waals surface area (Å²) in [6.07, 6.45) is 2.64. The molecule has 1 aliphatic heterocycles. The van der Waals surface area contributed by atoms with Crippen LogP contribution in [-0.2, 0) is 17.9 Å². The molecule has 25 heavy (non-hydrogen) atoms. The number of methoxy groups -OCH3 is 1. The summed E-state index contributed by atoms with van der Waals surface area (Å²) < 4.78 is 17.3. The third-order valence-electron chi connectivity index (χ3n) is 4.63. The molecule has 0 bridgehead atoms. The molecule has 1 aliphatic rings. The predicted octanol–water partition coefficient (Wildman–Crippen LogP) is 3.85. The molecular formula is C21H27NO3. The van der Waals surface area contributed by atoms with Crippen molar-refractivity contribution in [3.8, 4) is 11.5 Å². The van der Waals surface area contributed by atoms with Crippen molar-refractivity contribution < 1.29 is 14.2 Å². The number of hydrogen-bond acceptors (Lipinski definition) is 4. The maximum Gasteiger partial charge on any atom is 0.166 e. The monoisotopic (exact) mass is 341 g/mol. The lowest BCUT2D eigenvalue weighted by Crippen LogP contribution is -2.26. The smallest absolute Gasteiger partial charge is 0.166 e. The third kappa shape index (κ3) is 4.74. The Morgan fingerprint density at radius 1 is 1.12 bits per heavy atom. The molecule has 4 heteroatoms. The van der Waals surface area contributed by atoms with E-state index in [0.717, 1.165) is 49.6 Å². The maximum atomic E-state index is 6.15. The Morgan fingerprint density at radius 3 is 2.72 bits per heavy atom. The molecule has 2 aromatic rings. The largest absolute Gasteiger partial charge is 0.493 e. The minimum absolute atomic E-state index is 0.335.